The minimum absolute atomic E-state index is 0.0673. The van der Waals surface area contributed by atoms with Gasteiger partial charge in [0.2, 0.25) is 0 Å². The molecular formula is C21H19N3O6. The summed E-state index contributed by atoms with van der Waals surface area (Å²) in [7, 11) is 1.76. The summed E-state index contributed by atoms with van der Waals surface area (Å²) in [5, 5.41) is 2.39. The van der Waals surface area contributed by atoms with Crippen molar-refractivity contribution >= 4 is 29.3 Å². The van der Waals surface area contributed by atoms with Gasteiger partial charge in [0.15, 0.2) is 0 Å². The number of ketones is 1. The van der Waals surface area contributed by atoms with Crippen LogP contribution in [0.5, 0.6) is 0 Å². The van der Waals surface area contributed by atoms with Crippen molar-refractivity contribution in [2.24, 2.45) is 0 Å². The zero-order chi connectivity index (χ0) is 21.4. The molecule has 2 aromatic carbocycles. The second-order valence-electron chi connectivity index (χ2n) is 6.77. The molecule has 0 aliphatic carbocycles. The number of nitrogens with zero attached hydrogens (tertiary/aromatic N) is 2. The van der Waals surface area contributed by atoms with Crippen LogP contribution in [0.3, 0.4) is 0 Å². The number of anilines is 1. The standard InChI is InChI=1S/C21H19N3O6/c1-3-29-21(28)18(25)13-9-8-12-10-22-23(2)17(12)16(13)11-30-24-19(26)14-6-4-5-7-15(14)20(24)27/h4-9,22H,3,10-11H2,1-2H3. The number of benzene rings is 2. The number of Topliss-reactive ketones (excluding diaryl/α,β-unsaturated/α-hetero) is 1. The van der Waals surface area contributed by atoms with Crippen molar-refractivity contribution in [3.05, 3.63) is 64.2 Å². The van der Waals surface area contributed by atoms with Gasteiger partial charge < -0.3 is 9.75 Å². The monoisotopic (exact) mass is 409 g/mol. The van der Waals surface area contributed by atoms with Crippen LogP contribution >= 0.6 is 0 Å². The van der Waals surface area contributed by atoms with Crippen LogP contribution in [0, 0.1) is 0 Å². The first kappa shape index (κ1) is 19.7. The number of carbonyl (C=O) groups excluding carboxylic acids is 4. The number of amides is 2. The number of fused-ring (bicyclic) bond motifs is 2. The van der Waals surface area contributed by atoms with Gasteiger partial charge in [-0.25, -0.2) is 10.2 Å². The molecule has 0 aromatic heterocycles. The molecule has 0 radical (unpaired) electrons. The molecule has 0 unspecified atom stereocenters. The van der Waals surface area contributed by atoms with Crippen LogP contribution in [0.25, 0.3) is 0 Å². The molecule has 30 heavy (non-hydrogen) atoms. The Balaban J connectivity index is 1.66. The van der Waals surface area contributed by atoms with Crippen LogP contribution in [-0.2, 0) is 27.5 Å². The van der Waals surface area contributed by atoms with Gasteiger partial charge in [-0.3, -0.25) is 19.2 Å². The van der Waals surface area contributed by atoms with E-state index in [0.29, 0.717) is 22.9 Å². The summed E-state index contributed by atoms with van der Waals surface area (Å²) in [5.74, 6) is -2.95. The number of carbonyl (C=O) groups is 4. The number of rotatable bonds is 6. The zero-order valence-corrected chi connectivity index (χ0v) is 16.4. The first-order valence-electron chi connectivity index (χ1n) is 9.38. The van der Waals surface area contributed by atoms with Crippen molar-refractivity contribution in [2.45, 2.75) is 20.1 Å². The van der Waals surface area contributed by atoms with Crippen molar-refractivity contribution in [1.82, 2.24) is 10.5 Å². The van der Waals surface area contributed by atoms with Crippen LogP contribution in [0.2, 0.25) is 0 Å². The Morgan fingerprint density at radius 2 is 1.73 bits per heavy atom. The molecule has 9 nitrogen and oxygen atoms in total. The molecule has 4 rings (SSSR count). The highest BCUT2D eigenvalue weighted by molar-refractivity contribution is 6.41. The van der Waals surface area contributed by atoms with Gasteiger partial charge in [0.05, 0.1) is 23.4 Å². The summed E-state index contributed by atoms with van der Waals surface area (Å²) in [6.07, 6.45) is 0. The molecule has 0 atom stereocenters. The number of hydrogen-bond acceptors (Lipinski definition) is 8. The average molecular weight is 409 g/mol. The molecule has 2 aromatic rings. The van der Waals surface area contributed by atoms with Gasteiger partial charge >= 0.3 is 5.97 Å². The number of esters is 1. The number of hydrogen-bond donors (Lipinski definition) is 1. The summed E-state index contributed by atoms with van der Waals surface area (Å²) in [5.41, 5.74) is 5.64. The lowest BCUT2D eigenvalue weighted by Gasteiger charge is -2.20. The maximum atomic E-state index is 12.6. The van der Waals surface area contributed by atoms with Gasteiger partial charge in [0.1, 0.15) is 6.61 Å². The van der Waals surface area contributed by atoms with Crippen LogP contribution in [-0.4, -0.2) is 42.3 Å². The molecule has 0 bridgehead atoms. The molecule has 0 saturated carbocycles. The van der Waals surface area contributed by atoms with Crippen LogP contribution in [0.15, 0.2) is 36.4 Å². The predicted octanol–water partition coefficient (Wildman–Crippen LogP) is 1.61. The third kappa shape index (κ3) is 3.14. The summed E-state index contributed by atoms with van der Waals surface area (Å²) >= 11 is 0. The van der Waals surface area contributed by atoms with E-state index in [9.17, 15) is 19.2 Å². The molecular weight excluding hydrogens is 390 g/mol. The quantitative estimate of drug-likeness (QED) is 0.332. The van der Waals surface area contributed by atoms with E-state index in [1.54, 1.807) is 49.3 Å². The van der Waals surface area contributed by atoms with E-state index in [1.807, 2.05) is 0 Å². The number of imide groups is 1. The lowest BCUT2D eigenvalue weighted by Crippen LogP contribution is -2.31. The van der Waals surface area contributed by atoms with E-state index in [-0.39, 0.29) is 29.9 Å². The SMILES string of the molecule is CCOC(=O)C(=O)c1ccc2c(c1CON1C(=O)c3ccccc3C1=O)N(C)NC2. The molecule has 2 aliphatic rings. The summed E-state index contributed by atoms with van der Waals surface area (Å²) in [6.45, 7) is 1.94. The van der Waals surface area contributed by atoms with Crippen LogP contribution in [0.1, 0.15) is 49.1 Å². The van der Waals surface area contributed by atoms with Crippen LogP contribution < -0.4 is 10.4 Å². The molecule has 2 amide bonds. The van der Waals surface area contributed by atoms with Gasteiger partial charge in [-0.15, -0.1) is 5.06 Å². The second kappa shape index (κ2) is 7.69. The molecule has 0 spiro atoms. The Morgan fingerprint density at radius 1 is 1.07 bits per heavy atom. The predicted molar refractivity (Wildman–Crippen MR) is 104 cm³/mol. The summed E-state index contributed by atoms with van der Waals surface area (Å²) < 4.78 is 4.84. The van der Waals surface area contributed by atoms with Crippen molar-refractivity contribution in [3.63, 3.8) is 0 Å². The Kier molecular flexibility index (Phi) is 5.06. The fraction of sp³-hybridized carbons (Fsp3) is 0.238. The van der Waals surface area contributed by atoms with Crippen molar-refractivity contribution in [2.75, 3.05) is 18.7 Å². The number of hydrazine groups is 1. The minimum Gasteiger partial charge on any atom is -0.460 e. The molecule has 0 fully saturated rings. The zero-order valence-electron chi connectivity index (χ0n) is 16.4. The molecule has 2 aliphatic heterocycles. The Morgan fingerprint density at radius 3 is 2.37 bits per heavy atom. The molecule has 2 heterocycles. The first-order chi connectivity index (χ1) is 14.4. The van der Waals surface area contributed by atoms with E-state index in [4.69, 9.17) is 9.57 Å². The van der Waals surface area contributed by atoms with Crippen LogP contribution in [0.4, 0.5) is 5.69 Å². The maximum Gasteiger partial charge on any atom is 0.379 e. The summed E-state index contributed by atoms with van der Waals surface area (Å²) in [4.78, 5) is 55.4. The van der Waals surface area contributed by atoms with E-state index in [2.05, 4.69) is 5.43 Å². The van der Waals surface area contributed by atoms with Gasteiger partial charge in [-0.2, -0.15) is 0 Å². The van der Waals surface area contributed by atoms with Crippen molar-refractivity contribution in [3.8, 4) is 0 Å². The highest BCUT2D eigenvalue weighted by Crippen LogP contribution is 2.33. The smallest absolute Gasteiger partial charge is 0.379 e. The topological polar surface area (TPSA) is 105 Å². The van der Waals surface area contributed by atoms with Gasteiger partial charge in [-0.1, -0.05) is 18.2 Å². The largest absolute Gasteiger partial charge is 0.460 e. The van der Waals surface area contributed by atoms with E-state index in [1.165, 1.54) is 6.07 Å². The molecule has 0 saturated heterocycles. The highest BCUT2D eigenvalue weighted by atomic mass is 16.7. The minimum atomic E-state index is -0.979. The van der Waals surface area contributed by atoms with E-state index >= 15 is 0 Å². The second-order valence-corrected chi connectivity index (χ2v) is 6.77. The van der Waals surface area contributed by atoms with Gasteiger partial charge in [0, 0.05) is 24.7 Å². The molecule has 1 N–H and O–H groups in total. The van der Waals surface area contributed by atoms with Crippen molar-refractivity contribution < 1.29 is 28.8 Å². The van der Waals surface area contributed by atoms with Crippen molar-refractivity contribution in [1.29, 1.82) is 0 Å². The Bertz CT molecular complexity index is 1050. The lowest BCUT2D eigenvalue weighted by molar-refractivity contribution is -0.137. The Labute approximate surface area is 172 Å². The van der Waals surface area contributed by atoms with E-state index < -0.39 is 23.6 Å². The number of nitrogens with one attached hydrogen (secondary N) is 1. The van der Waals surface area contributed by atoms with E-state index in [0.717, 1.165) is 5.56 Å². The normalized spacial score (nSPS) is 14.7. The third-order valence-corrected chi connectivity index (χ3v) is 5.01. The third-order valence-electron chi connectivity index (χ3n) is 5.01. The number of hydroxylamine groups is 2. The summed E-state index contributed by atoms with van der Waals surface area (Å²) in [6, 6.07) is 9.69. The number of ether oxygens (including phenoxy) is 1. The maximum absolute atomic E-state index is 12.6. The fourth-order valence-corrected chi connectivity index (χ4v) is 3.61. The Hall–Kier alpha value is -3.56. The lowest BCUT2D eigenvalue weighted by atomic mass is 9.98. The molecule has 154 valence electrons. The van der Waals surface area contributed by atoms with Gasteiger partial charge in [0.25, 0.3) is 17.6 Å². The average Bonchev–Trinajstić information content (AvgIpc) is 3.24. The van der Waals surface area contributed by atoms with Gasteiger partial charge in [-0.05, 0) is 30.7 Å². The first-order valence-corrected chi connectivity index (χ1v) is 9.38. The fourth-order valence-electron chi connectivity index (χ4n) is 3.61. The molecule has 9 heteroatoms. The highest BCUT2D eigenvalue weighted by Gasteiger charge is 2.37.